The first-order valence-electron chi connectivity index (χ1n) is 6.73. The van der Waals surface area contributed by atoms with E-state index in [1.807, 2.05) is 6.92 Å². The van der Waals surface area contributed by atoms with Crippen LogP contribution in [0.1, 0.15) is 39.4 Å². The fourth-order valence-electron chi connectivity index (χ4n) is 3.54. The second-order valence-corrected chi connectivity index (χ2v) is 6.64. The molecule has 0 amide bonds. The van der Waals surface area contributed by atoms with Crippen LogP contribution in [0, 0.1) is 17.2 Å². The van der Waals surface area contributed by atoms with Crippen LogP contribution in [-0.4, -0.2) is 5.11 Å². The molecule has 102 valence electrons. The smallest absolute Gasteiger partial charge is 0.170 e. The molecular formula is C16H19FO2. The largest absolute Gasteiger partial charge is 0.455 e. The Morgan fingerprint density at radius 2 is 2.11 bits per heavy atom. The molecule has 1 aliphatic carbocycles. The highest BCUT2D eigenvalue weighted by molar-refractivity contribution is 5.78. The summed E-state index contributed by atoms with van der Waals surface area (Å²) in [6.45, 7) is 6.31. The molecule has 0 saturated heterocycles. The molecule has 1 aliphatic rings. The topological polar surface area (TPSA) is 33.4 Å². The molecule has 1 aromatic carbocycles. The highest BCUT2D eigenvalue weighted by atomic mass is 19.1. The Morgan fingerprint density at radius 1 is 1.37 bits per heavy atom. The molecule has 0 bridgehead atoms. The van der Waals surface area contributed by atoms with Crippen molar-refractivity contribution in [1.29, 1.82) is 0 Å². The molecule has 0 aliphatic heterocycles. The van der Waals surface area contributed by atoms with E-state index >= 15 is 0 Å². The van der Waals surface area contributed by atoms with Crippen molar-refractivity contribution in [3.63, 3.8) is 0 Å². The lowest BCUT2D eigenvalue weighted by Gasteiger charge is -2.25. The van der Waals surface area contributed by atoms with E-state index in [9.17, 15) is 9.50 Å². The second-order valence-electron chi connectivity index (χ2n) is 6.64. The maximum absolute atomic E-state index is 13.7. The van der Waals surface area contributed by atoms with Gasteiger partial charge in [0.1, 0.15) is 11.4 Å². The lowest BCUT2D eigenvalue weighted by Crippen LogP contribution is -2.28. The Bertz CT molecular complexity index is 629. The van der Waals surface area contributed by atoms with E-state index < -0.39 is 5.60 Å². The van der Waals surface area contributed by atoms with Gasteiger partial charge < -0.3 is 9.52 Å². The predicted octanol–water partition coefficient (Wildman–Crippen LogP) is 4.22. The van der Waals surface area contributed by atoms with Crippen LogP contribution >= 0.6 is 0 Å². The molecule has 2 nitrogen and oxygen atoms in total. The zero-order valence-corrected chi connectivity index (χ0v) is 11.5. The van der Waals surface area contributed by atoms with Gasteiger partial charge in [-0.15, -0.1) is 0 Å². The molecule has 2 unspecified atom stereocenters. The second kappa shape index (κ2) is 3.83. The number of fused-ring (bicyclic) bond motifs is 1. The maximum Gasteiger partial charge on any atom is 0.170 e. The molecule has 2 aromatic rings. The van der Waals surface area contributed by atoms with Crippen LogP contribution in [0.4, 0.5) is 4.39 Å². The molecule has 3 heteroatoms. The molecule has 1 fully saturated rings. The quantitative estimate of drug-likeness (QED) is 0.835. The van der Waals surface area contributed by atoms with Crippen LogP contribution in [-0.2, 0) is 5.60 Å². The molecule has 2 atom stereocenters. The fraction of sp³-hybridized carbons (Fsp3) is 0.500. The molecule has 1 saturated carbocycles. The number of aliphatic hydroxyl groups is 1. The minimum atomic E-state index is -0.991. The van der Waals surface area contributed by atoms with Gasteiger partial charge in [-0.1, -0.05) is 32.9 Å². The van der Waals surface area contributed by atoms with Crippen LogP contribution in [0.2, 0.25) is 0 Å². The van der Waals surface area contributed by atoms with Gasteiger partial charge in [0, 0.05) is 5.39 Å². The number of rotatable bonds is 1. The van der Waals surface area contributed by atoms with Gasteiger partial charge in [0.2, 0.25) is 0 Å². The number of para-hydroxylation sites is 1. The van der Waals surface area contributed by atoms with Crippen molar-refractivity contribution in [3.05, 3.63) is 35.8 Å². The van der Waals surface area contributed by atoms with Crippen LogP contribution < -0.4 is 0 Å². The predicted molar refractivity (Wildman–Crippen MR) is 72.2 cm³/mol. The fourth-order valence-corrected chi connectivity index (χ4v) is 3.54. The summed E-state index contributed by atoms with van der Waals surface area (Å²) in [5.74, 6) is 0.217. The van der Waals surface area contributed by atoms with Gasteiger partial charge in [-0.3, -0.25) is 0 Å². The van der Waals surface area contributed by atoms with E-state index in [0.717, 1.165) is 6.42 Å². The van der Waals surface area contributed by atoms with Crippen LogP contribution in [0.15, 0.2) is 28.7 Å². The van der Waals surface area contributed by atoms with Crippen LogP contribution in [0.25, 0.3) is 11.0 Å². The van der Waals surface area contributed by atoms with Crippen LogP contribution in [0.3, 0.4) is 0 Å². The van der Waals surface area contributed by atoms with Crippen molar-refractivity contribution in [2.75, 3.05) is 0 Å². The molecule has 1 aromatic heterocycles. The summed E-state index contributed by atoms with van der Waals surface area (Å²) in [6, 6.07) is 6.61. The van der Waals surface area contributed by atoms with Gasteiger partial charge in [-0.05, 0) is 36.3 Å². The third kappa shape index (κ3) is 1.88. The highest BCUT2D eigenvalue weighted by Gasteiger charge is 2.50. The van der Waals surface area contributed by atoms with Crippen molar-refractivity contribution >= 4 is 11.0 Å². The van der Waals surface area contributed by atoms with Gasteiger partial charge in [-0.2, -0.15) is 0 Å². The summed E-state index contributed by atoms with van der Waals surface area (Å²) in [5, 5.41) is 11.7. The Balaban J connectivity index is 2.12. The van der Waals surface area contributed by atoms with Crippen molar-refractivity contribution < 1.29 is 13.9 Å². The van der Waals surface area contributed by atoms with E-state index in [4.69, 9.17) is 4.42 Å². The number of hydrogen-bond donors (Lipinski definition) is 1. The summed E-state index contributed by atoms with van der Waals surface area (Å²) in [5.41, 5.74) is -0.677. The summed E-state index contributed by atoms with van der Waals surface area (Å²) < 4.78 is 19.3. The maximum atomic E-state index is 13.7. The first-order valence-corrected chi connectivity index (χ1v) is 6.73. The molecule has 1 N–H and O–H groups in total. The molecule has 19 heavy (non-hydrogen) atoms. The lowest BCUT2D eigenvalue weighted by molar-refractivity contribution is -0.0195. The Hall–Kier alpha value is -1.35. The Morgan fingerprint density at radius 3 is 2.68 bits per heavy atom. The zero-order valence-electron chi connectivity index (χ0n) is 11.5. The first-order chi connectivity index (χ1) is 8.82. The van der Waals surface area contributed by atoms with Crippen molar-refractivity contribution in [3.8, 4) is 0 Å². The van der Waals surface area contributed by atoms with Gasteiger partial charge in [0.25, 0.3) is 0 Å². The third-order valence-electron chi connectivity index (χ3n) is 4.34. The van der Waals surface area contributed by atoms with E-state index in [0.29, 0.717) is 17.6 Å². The van der Waals surface area contributed by atoms with Crippen LogP contribution in [0.5, 0.6) is 0 Å². The average molecular weight is 262 g/mol. The number of benzene rings is 1. The minimum Gasteiger partial charge on any atom is -0.455 e. The molecular weight excluding hydrogens is 243 g/mol. The van der Waals surface area contributed by atoms with E-state index in [1.54, 1.807) is 18.2 Å². The third-order valence-corrected chi connectivity index (χ3v) is 4.34. The van der Waals surface area contributed by atoms with E-state index in [2.05, 4.69) is 13.8 Å². The molecule has 0 spiro atoms. The SMILES string of the molecule is CC1CC(C)(C)CC1(O)c1cc2cccc(F)c2o1. The van der Waals surface area contributed by atoms with Crippen molar-refractivity contribution in [1.82, 2.24) is 0 Å². The molecule has 1 heterocycles. The summed E-state index contributed by atoms with van der Waals surface area (Å²) in [4.78, 5) is 0. The Labute approximate surface area is 112 Å². The van der Waals surface area contributed by atoms with Gasteiger partial charge in [0.05, 0.1) is 0 Å². The lowest BCUT2D eigenvalue weighted by atomic mass is 9.87. The van der Waals surface area contributed by atoms with Crippen molar-refractivity contribution in [2.24, 2.45) is 11.3 Å². The average Bonchev–Trinajstić information content (AvgIpc) is 2.80. The number of furan rings is 1. The summed E-state index contributed by atoms with van der Waals surface area (Å²) >= 11 is 0. The number of hydrogen-bond acceptors (Lipinski definition) is 2. The summed E-state index contributed by atoms with van der Waals surface area (Å²) in [7, 11) is 0. The monoisotopic (exact) mass is 262 g/mol. The van der Waals surface area contributed by atoms with E-state index in [1.165, 1.54) is 6.07 Å². The van der Waals surface area contributed by atoms with Gasteiger partial charge in [0.15, 0.2) is 11.4 Å². The molecule has 0 radical (unpaired) electrons. The van der Waals surface area contributed by atoms with Gasteiger partial charge in [-0.25, -0.2) is 4.39 Å². The Kier molecular flexibility index (Phi) is 2.55. The summed E-state index contributed by atoms with van der Waals surface area (Å²) in [6.07, 6.45) is 1.58. The van der Waals surface area contributed by atoms with Gasteiger partial charge >= 0.3 is 0 Å². The normalized spacial score (nSPS) is 30.1. The minimum absolute atomic E-state index is 0.0751. The molecule has 3 rings (SSSR count). The van der Waals surface area contributed by atoms with E-state index in [-0.39, 0.29) is 22.7 Å². The number of halogens is 1. The highest BCUT2D eigenvalue weighted by Crippen LogP contribution is 2.53. The standard InChI is InChI=1S/C16H19FO2/c1-10-8-15(2,3)9-16(10,18)13-7-11-5-4-6-12(17)14(11)19-13/h4-7,10,18H,8-9H2,1-3H3. The first kappa shape index (κ1) is 12.7. The zero-order chi connectivity index (χ0) is 13.8. The van der Waals surface area contributed by atoms with Crippen molar-refractivity contribution in [2.45, 2.75) is 39.2 Å².